The highest BCUT2D eigenvalue weighted by molar-refractivity contribution is 6.36. The van der Waals surface area contributed by atoms with Crippen molar-refractivity contribution in [3.8, 4) is 5.75 Å². The molecule has 0 aliphatic heterocycles. The predicted octanol–water partition coefficient (Wildman–Crippen LogP) is 3.19. The largest absolute Gasteiger partial charge is 0.504 e. The molecule has 2 rings (SSSR count). The summed E-state index contributed by atoms with van der Waals surface area (Å²) < 4.78 is 0. The Labute approximate surface area is 110 Å². The van der Waals surface area contributed by atoms with Crippen LogP contribution in [0.5, 0.6) is 5.75 Å². The topological polar surface area (TPSA) is 62.2 Å². The van der Waals surface area contributed by atoms with Crippen molar-refractivity contribution in [2.24, 2.45) is 5.92 Å². The highest BCUT2D eigenvalue weighted by Crippen LogP contribution is 2.36. The van der Waals surface area contributed by atoms with E-state index in [0.29, 0.717) is 15.9 Å². The van der Waals surface area contributed by atoms with Gasteiger partial charge in [0.25, 0.3) is 0 Å². The Bertz CT molecular complexity index is 611. The zero-order valence-corrected chi connectivity index (χ0v) is 10.8. The maximum atomic E-state index is 11.6. The number of nitrogens with one attached hydrogen (secondary N) is 1. The van der Waals surface area contributed by atoms with Gasteiger partial charge in [-0.2, -0.15) is 0 Å². The number of phenolic OH excluding ortho intramolecular Hbond substituents is 1. The SMILES string of the molecule is CC(C)C(=O)Nc1cc(Cl)c2cccnc2c1O. The van der Waals surface area contributed by atoms with Gasteiger partial charge in [0.1, 0.15) is 5.52 Å². The minimum absolute atomic E-state index is 0.0657. The lowest BCUT2D eigenvalue weighted by Crippen LogP contribution is -2.17. The molecule has 0 bridgehead atoms. The first kappa shape index (κ1) is 12.6. The van der Waals surface area contributed by atoms with Crippen molar-refractivity contribution in [3.05, 3.63) is 29.4 Å². The van der Waals surface area contributed by atoms with Gasteiger partial charge in [0.15, 0.2) is 5.75 Å². The average Bonchev–Trinajstić information content (AvgIpc) is 2.35. The summed E-state index contributed by atoms with van der Waals surface area (Å²) in [5.74, 6) is -0.428. The fourth-order valence-corrected chi connectivity index (χ4v) is 1.82. The lowest BCUT2D eigenvalue weighted by atomic mass is 10.1. The van der Waals surface area contributed by atoms with Gasteiger partial charge < -0.3 is 10.4 Å². The number of halogens is 1. The molecule has 0 saturated heterocycles. The smallest absolute Gasteiger partial charge is 0.227 e. The molecule has 1 amide bonds. The third-order valence-corrected chi connectivity index (χ3v) is 2.91. The molecule has 0 aliphatic carbocycles. The number of anilines is 1. The monoisotopic (exact) mass is 264 g/mol. The Morgan fingerprint density at radius 2 is 2.22 bits per heavy atom. The molecule has 1 heterocycles. The number of benzene rings is 1. The Balaban J connectivity index is 2.53. The lowest BCUT2D eigenvalue weighted by molar-refractivity contribution is -0.118. The van der Waals surface area contributed by atoms with Crippen LogP contribution in [0.4, 0.5) is 5.69 Å². The van der Waals surface area contributed by atoms with Crippen molar-refractivity contribution in [1.82, 2.24) is 4.98 Å². The van der Waals surface area contributed by atoms with Gasteiger partial charge in [0.2, 0.25) is 5.91 Å². The standard InChI is InChI=1S/C13H13ClN2O2/c1-7(2)13(18)16-10-6-9(14)8-4-3-5-15-11(8)12(10)17/h3-7,17H,1-2H3,(H,16,18). The molecule has 0 saturated carbocycles. The van der Waals surface area contributed by atoms with Crippen LogP contribution in [0.15, 0.2) is 24.4 Å². The first-order valence-corrected chi connectivity index (χ1v) is 5.95. The zero-order chi connectivity index (χ0) is 13.3. The molecule has 4 nitrogen and oxygen atoms in total. The number of carbonyl (C=O) groups is 1. The number of hydrogen-bond donors (Lipinski definition) is 2. The summed E-state index contributed by atoms with van der Waals surface area (Å²) >= 11 is 6.09. The first-order valence-electron chi connectivity index (χ1n) is 5.57. The van der Waals surface area contributed by atoms with Gasteiger partial charge in [0.05, 0.1) is 10.7 Å². The van der Waals surface area contributed by atoms with E-state index >= 15 is 0 Å². The van der Waals surface area contributed by atoms with Gasteiger partial charge in [-0.25, -0.2) is 0 Å². The quantitative estimate of drug-likeness (QED) is 0.819. The third-order valence-electron chi connectivity index (χ3n) is 2.60. The van der Waals surface area contributed by atoms with Crippen molar-refractivity contribution in [3.63, 3.8) is 0 Å². The number of nitrogens with zero attached hydrogens (tertiary/aromatic N) is 1. The third kappa shape index (κ3) is 2.24. The van der Waals surface area contributed by atoms with E-state index in [1.54, 1.807) is 32.2 Å². The minimum atomic E-state index is -0.184. The van der Waals surface area contributed by atoms with E-state index in [1.807, 2.05) is 0 Å². The second-order valence-electron chi connectivity index (χ2n) is 4.30. The maximum Gasteiger partial charge on any atom is 0.227 e. The van der Waals surface area contributed by atoms with Crippen LogP contribution in [-0.4, -0.2) is 16.0 Å². The fourth-order valence-electron chi connectivity index (χ4n) is 1.56. The Hall–Kier alpha value is -1.81. The number of aromatic hydroxyl groups is 1. The van der Waals surface area contributed by atoms with Crippen molar-refractivity contribution in [2.45, 2.75) is 13.8 Å². The molecule has 2 aromatic rings. The van der Waals surface area contributed by atoms with Crippen LogP contribution >= 0.6 is 11.6 Å². The van der Waals surface area contributed by atoms with Crippen molar-refractivity contribution >= 4 is 34.1 Å². The van der Waals surface area contributed by atoms with Gasteiger partial charge in [0, 0.05) is 17.5 Å². The number of aromatic nitrogens is 1. The van der Waals surface area contributed by atoms with Gasteiger partial charge in [-0.05, 0) is 18.2 Å². The zero-order valence-electron chi connectivity index (χ0n) is 10.1. The Kier molecular flexibility index (Phi) is 3.39. The summed E-state index contributed by atoms with van der Waals surface area (Å²) in [5, 5.41) is 13.8. The number of pyridine rings is 1. The number of rotatable bonds is 2. The van der Waals surface area contributed by atoms with Crippen molar-refractivity contribution < 1.29 is 9.90 Å². The molecule has 2 N–H and O–H groups in total. The van der Waals surface area contributed by atoms with E-state index in [9.17, 15) is 9.90 Å². The molecule has 5 heteroatoms. The molecule has 0 aliphatic rings. The van der Waals surface area contributed by atoms with Crippen LogP contribution in [0.3, 0.4) is 0 Å². The molecular weight excluding hydrogens is 252 g/mol. The summed E-state index contributed by atoms with van der Waals surface area (Å²) in [6.07, 6.45) is 1.56. The minimum Gasteiger partial charge on any atom is -0.504 e. The van der Waals surface area contributed by atoms with E-state index in [4.69, 9.17) is 11.6 Å². The average molecular weight is 265 g/mol. The van der Waals surface area contributed by atoms with Crippen LogP contribution in [0, 0.1) is 5.92 Å². The van der Waals surface area contributed by atoms with E-state index in [1.165, 1.54) is 6.07 Å². The fraction of sp³-hybridized carbons (Fsp3) is 0.231. The molecule has 94 valence electrons. The maximum absolute atomic E-state index is 11.6. The molecule has 0 atom stereocenters. The van der Waals surface area contributed by atoms with Crippen LogP contribution in [0.1, 0.15) is 13.8 Å². The molecule has 1 aromatic heterocycles. The molecule has 18 heavy (non-hydrogen) atoms. The lowest BCUT2D eigenvalue weighted by Gasteiger charge is -2.11. The Morgan fingerprint density at radius 1 is 1.50 bits per heavy atom. The van der Waals surface area contributed by atoms with Crippen LogP contribution in [0.25, 0.3) is 10.9 Å². The van der Waals surface area contributed by atoms with Crippen LogP contribution in [-0.2, 0) is 4.79 Å². The summed E-state index contributed by atoms with van der Waals surface area (Å²) in [7, 11) is 0. The van der Waals surface area contributed by atoms with Crippen molar-refractivity contribution in [1.29, 1.82) is 0 Å². The number of fused-ring (bicyclic) bond motifs is 1. The van der Waals surface area contributed by atoms with Gasteiger partial charge >= 0.3 is 0 Å². The molecular formula is C13H13ClN2O2. The second-order valence-corrected chi connectivity index (χ2v) is 4.71. The van der Waals surface area contributed by atoms with E-state index in [2.05, 4.69) is 10.3 Å². The molecule has 0 fully saturated rings. The van der Waals surface area contributed by atoms with Crippen molar-refractivity contribution in [2.75, 3.05) is 5.32 Å². The van der Waals surface area contributed by atoms with Gasteiger partial charge in [-0.1, -0.05) is 25.4 Å². The van der Waals surface area contributed by atoms with E-state index in [0.717, 1.165) is 0 Å². The highest BCUT2D eigenvalue weighted by atomic mass is 35.5. The normalized spacial score (nSPS) is 10.9. The van der Waals surface area contributed by atoms with Crippen LogP contribution in [0.2, 0.25) is 5.02 Å². The molecule has 0 unspecified atom stereocenters. The molecule has 0 spiro atoms. The second kappa shape index (κ2) is 4.82. The predicted molar refractivity (Wildman–Crippen MR) is 71.9 cm³/mol. The van der Waals surface area contributed by atoms with E-state index in [-0.39, 0.29) is 23.3 Å². The first-order chi connectivity index (χ1) is 8.50. The summed E-state index contributed by atoms with van der Waals surface area (Å²) in [4.78, 5) is 15.7. The summed E-state index contributed by atoms with van der Waals surface area (Å²) in [5.41, 5.74) is 0.661. The number of phenols is 1. The van der Waals surface area contributed by atoms with Crippen LogP contribution < -0.4 is 5.32 Å². The molecule has 1 aromatic carbocycles. The molecule has 0 radical (unpaired) electrons. The number of hydrogen-bond acceptors (Lipinski definition) is 3. The summed E-state index contributed by atoms with van der Waals surface area (Å²) in [6, 6.07) is 5.03. The summed E-state index contributed by atoms with van der Waals surface area (Å²) in [6.45, 7) is 3.54. The highest BCUT2D eigenvalue weighted by Gasteiger charge is 2.14. The Morgan fingerprint density at radius 3 is 2.89 bits per heavy atom. The van der Waals surface area contributed by atoms with E-state index < -0.39 is 0 Å². The van der Waals surface area contributed by atoms with Gasteiger partial charge in [-0.15, -0.1) is 0 Å². The number of amides is 1. The number of carbonyl (C=O) groups excluding carboxylic acids is 1. The van der Waals surface area contributed by atoms with Gasteiger partial charge in [-0.3, -0.25) is 9.78 Å².